The summed E-state index contributed by atoms with van der Waals surface area (Å²) < 4.78 is 6.62. The van der Waals surface area contributed by atoms with Crippen LogP contribution in [0, 0.1) is 0 Å². The van der Waals surface area contributed by atoms with Crippen molar-refractivity contribution in [2.24, 2.45) is 7.05 Å². The van der Waals surface area contributed by atoms with Crippen LogP contribution in [0.4, 0.5) is 0 Å². The third kappa shape index (κ3) is 3.01. The van der Waals surface area contributed by atoms with Gasteiger partial charge in [-0.15, -0.1) is 0 Å². The standard InChI is InChI=1S/C12H20N4O2/c1-16-11(18-2)8-10(15-16)12(17)14-7-5-9-4-3-6-13-9/h8-9,13H,3-7H2,1-2H3,(H,14,17). The van der Waals surface area contributed by atoms with E-state index in [4.69, 9.17) is 4.74 Å². The Kier molecular flexibility index (Phi) is 4.19. The molecule has 1 aliphatic heterocycles. The molecule has 0 radical (unpaired) electrons. The Morgan fingerprint density at radius 1 is 1.72 bits per heavy atom. The molecular formula is C12H20N4O2. The van der Waals surface area contributed by atoms with Crippen molar-refractivity contribution in [2.45, 2.75) is 25.3 Å². The molecule has 2 N–H and O–H groups in total. The van der Waals surface area contributed by atoms with Gasteiger partial charge in [0, 0.05) is 25.7 Å². The first-order valence-electron chi connectivity index (χ1n) is 6.30. The number of nitrogens with zero attached hydrogens (tertiary/aromatic N) is 2. The van der Waals surface area contributed by atoms with E-state index >= 15 is 0 Å². The Labute approximate surface area is 107 Å². The predicted molar refractivity (Wildman–Crippen MR) is 67.7 cm³/mol. The zero-order valence-electron chi connectivity index (χ0n) is 10.9. The number of amides is 1. The Balaban J connectivity index is 1.79. The molecule has 1 fully saturated rings. The van der Waals surface area contributed by atoms with Crippen LogP contribution >= 0.6 is 0 Å². The quantitative estimate of drug-likeness (QED) is 0.791. The molecule has 0 aromatic carbocycles. The molecule has 1 saturated heterocycles. The van der Waals surface area contributed by atoms with E-state index in [-0.39, 0.29) is 5.91 Å². The molecule has 2 rings (SSSR count). The smallest absolute Gasteiger partial charge is 0.271 e. The van der Waals surface area contributed by atoms with E-state index in [2.05, 4.69) is 15.7 Å². The molecular weight excluding hydrogens is 232 g/mol. The summed E-state index contributed by atoms with van der Waals surface area (Å²) in [7, 11) is 3.31. The highest BCUT2D eigenvalue weighted by molar-refractivity contribution is 5.92. The maximum absolute atomic E-state index is 11.8. The monoisotopic (exact) mass is 252 g/mol. The Morgan fingerprint density at radius 2 is 2.56 bits per heavy atom. The lowest BCUT2D eigenvalue weighted by molar-refractivity contribution is 0.0946. The van der Waals surface area contributed by atoms with Crippen molar-refractivity contribution in [3.63, 3.8) is 0 Å². The van der Waals surface area contributed by atoms with Crippen LogP contribution in [0.5, 0.6) is 5.88 Å². The summed E-state index contributed by atoms with van der Waals surface area (Å²) >= 11 is 0. The lowest BCUT2D eigenvalue weighted by atomic mass is 10.1. The second-order valence-corrected chi connectivity index (χ2v) is 4.53. The fraction of sp³-hybridized carbons (Fsp3) is 0.667. The summed E-state index contributed by atoms with van der Waals surface area (Å²) in [6.45, 7) is 1.77. The minimum absolute atomic E-state index is 0.146. The van der Waals surface area contributed by atoms with E-state index in [9.17, 15) is 4.79 Å². The van der Waals surface area contributed by atoms with E-state index in [1.54, 1.807) is 24.9 Å². The van der Waals surface area contributed by atoms with Gasteiger partial charge in [0.25, 0.3) is 5.91 Å². The summed E-state index contributed by atoms with van der Waals surface area (Å²) in [4.78, 5) is 11.8. The third-order valence-corrected chi connectivity index (χ3v) is 3.22. The SMILES string of the molecule is COc1cc(C(=O)NCCC2CCCN2)nn1C. The average molecular weight is 252 g/mol. The van der Waals surface area contributed by atoms with Crippen molar-refractivity contribution in [1.29, 1.82) is 0 Å². The van der Waals surface area contributed by atoms with E-state index in [1.165, 1.54) is 12.8 Å². The van der Waals surface area contributed by atoms with Crippen LogP contribution in [-0.2, 0) is 7.05 Å². The molecule has 0 aliphatic carbocycles. The molecule has 0 spiro atoms. The van der Waals surface area contributed by atoms with Crippen LogP contribution in [0.25, 0.3) is 0 Å². The molecule has 2 heterocycles. The van der Waals surface area contributed by atoms with Gasteiger partial charge in [-0.05, 0) is 25.8 Å². The number of ether oxygens (including phenoxy) is 1. The molecule has 1 unspecified atom stereocenters. The topological polar surface area (TPSA) is 68.2 Å². The lowest BCUT2D eigenvalue weighted by Gasteiger charge is -2.09. The molecule has 18 heavy (non-hydrogen) atoms. The van der Waals surface area contributed by atoms with Crippen molar-refractivity contribution < 1.29 is 9.53 Å². The highest BCUT2D eigenvalue weighted by Crippen LogP contribution is 2.11. The Hall–Kier alpha value is -1.56. The first-order chi connectivity index (χ1) is 8.70. The molecule has 0 bridgehead atoms. The Morgan fingerprint density at radius 3 is 3.17 bits per heavy atom. The van der Waals surface area contributed by atoms with Crippen LogP contribution in [-0.4, -0.2) is 41.9 Å². The molecule has 1 atom stereocenters. The minimum atomic E-state index is -0.146. The zero-order valence-corrected chi connectivity index (χ0v) is 10.9. The molecule has 1 amide bonds. The van der Waals surface area contributed by atoms with Gasteiger partial charge in [-0.2, -0.15) is 5.10 Å². The van der Waals surface area contributed by atoms with Crippen molar-refractivity contribution in [2.75, 3.05) is 20.2 Å². The van der Waals surface area contributed by atoms with Gasteiger partial charge in [-0.3, -0.25) is 4.79 Å². The number of aryl methyl sites for hydroxylation is 1. The molecule has 100 valence electrons. The van der Waals surface area contributed by atoms with Crippen LogP contribution in [0.15, 0.2) is 6.07 Å². The highest BCUT2D eigenvalue weighted by Gasteiger charge is 2.15. The van der Waals surface area contributed by atoms with Crippen molar-refractivity contribution >= 4 is 5.91 Å². The van der Waals surface area contributed by atoms with Gasteiger partial charge in [-0.25, -0.2) is 4.68 Å². The summed E-state index contributed by atoms with van der Waals surface area (Å²) in [5.41, 5.74) is 0.397. The summed E-state index contributed by atoms with van der Waals surface area (Å²) in [6.07, 6.45) is 3.40. The average Bonchev–Trinajstić information content (AvgIpc) is 2.98. The highest BCUT2D eigenvalue weighted by atomic mass is 16.5. The molecule has 6 heteroatoms. The second-order valence-electron chi connectivity index (χ2n) is 4.53. The van der Waals surface area contributed by atoms with Crippen molar-refractivity contribution in [3.8, 4) is 5.88 Å². The van der Waals surface area contributed by atoms with Gasteiger partial charge in [0.15, 0.2) is 5.69 Å². The number of hydrogen-bond acceptors (Lipinski definition) is 4. The van der Waals surface area contributed by atoms with Crippen molar-refractivity contribution in [1.82, 2.24) is 20.4 Å². The van der Waals surface area contributed by atoms with E-state index < -0.39 is 0 Å². The minimum Gasteiger partial charge on any atom is -0.481 e. The number of carbonyl (C=O) groups excluding carboxylic acids is 1. The van der Waals surface area contributed by atoms with Gasteiger partial charge < -0.3 is 15.4 Å². The molecule has 1 aliphatic rings. The van der Waals surface area contributed by atoms with Crippen LogP contribution in [0.2, 0.25) is 0 Å². The molecule has 6 nitrogen and oxygen atoms in total. The molecule has 1 aromatic rings. The lowest BCUT2D eigenvalue weighted by Crippen LogP contribution is -2.30. The number of nitrogens with one attached hydrogen (secondary N) is 2. The number of methoxy groups -OCH3 is 1. The maximum atomic E-state index is 11.8. The van der Waals surface area contributed by atoms with Gasteiger partial charge in [0.05, 0.1) is 7.11 Å². The number of carbonyl (C=O) groups is 1. The fourth-order valence-corrected chi connectivity index (χ4v) is 2.21. The zero-order chi connectivity index (χ0) is 13.0. The number of hydrogen-bond donors (Lipinski definition) is 2. The van der Waals surface area contributed by atoms with Crippen molar-refractivity contribution in [3.05, 3.63) is 11.8 Å². The molecule has 1 aromatic heterocycles. The first kappa shape index (κ1) is 12.9. The Bertz CT molecular complexity index is 410. The van der Waals surface area contributed by atoms with E-state index in [0.29, 0.717) is 24.2 Å². The number of aromatic nitrogens is 2. The normalized spacial score (nSPS) is 18.9. The van der Waals surface area contributed by atoms with Gasteiger partial charge in [-0.1, -0.05) is 0 Å². The summed E-state index contributed by atoms with van der Waals surface area (Å²) in [6, 6.07) is 2.19. The van der Waals surface area contributed by atoms with Crippen LogP contribution in [0.1, 0.15) is 29.8 Å². The van der Waals surface area contributed by atoms with Gasteiger partial charge in [0.1, 0.15) is 0 Å². The van der Waals surface area contributed by atoms with E-state index in [1.807, 2.05) is 0 Å². The maximum Gasteiger partial charge on any atom is 0.271 e. The third-order valence-electron chi connectivity index (χ3n) is 3.22. The number of rotatable bonds is 5. The van der Waals surface area contributed by atoms with Gasteiger partial charge >= 0.3 is 0 Å². The van der Waals surface area contributed by atoms with Gasteiger partial charge in [0.2, 0.25) is 5.88 Å². The fourth-order valence-electron chi connectivity index (χ4n) is 2.21. The van der Waals surface area contributed by atoms with Crippen LogP contribution < -0.4 is 15.4 Å². The first-order valence-corrected chi connectivity index (χ1v) is 6.30. The largest absolute Gasteiger partial charge is 0.481 e. The van der Waals surface area contributed by atoms with Crippen LogP contribution in [0.3, 0.4) is 0 Å². The summed E-state index contributed by atoms with van der Waals surface area (Å²) in [5.74, 6) is 0.435. The summed E-state index contributed by atoms with van der Waals surface area (Å²) in [5, 5.41) is 10.4. The predicted octanol–water partition coefficient (Wildman–Crippen LogP) is 0.301. The molecule has 0 saturated carbocycles. The van der Waals surface area contributed by atoms with E-state index in [0.717, 1.165) is 13.0 Å². The second kappa shape index (κ2) is 5.86.